The summed E-state index contributed by atoms with van der Waals surface area (Å²) in [4.78, 5) is 12.0. The van der Waals surface area contributed by atoms with Gasteiger partial charge < -0.3 is 15.0 Å². The van der Waals surface area contributed by atoms with Crippen molar-refractivity contribution in [3.63, 3.8) is 0 Å². The molecule has 0 aliphatic heterocycles. The smallest absolute Gasteiger partial charge is 0.338 e. The molecule has 2 aromatic heterocycles. The number of anilines is 1. The van der Waals surface area contributed by atoms with Gasteiger partial charge in [0.2, 0.25) is 0 Å². The molecule has 2 N–H and O–H groups in total. The van der Waals surface area contributed by atoms with Gasteiger partial charge in [0.25, 0.3) is 0 Å². The SMILES string of the molecule is COC(=O)c1csc(-c2cc(N)no2)c1. The molecule has 2 rings (SSSR count). The maximum absolute atomic E-state index is 11.2. The van der Waals surface area contributed by atoms with Crippen molar-refractivity contribution >= 4 is 23.1 Å². The van der Waals surface area contributed by atoms with Gasteiger partial charge in [-0.3, -0.25) is 0 Å². The fourth-order valence-electron chi connectivity index (χ4n) is 1.10. The number of carbonyl (C=O) groups is 1. The molecule has 78 valence electrons. The van der Waals surface area contributed by atoms with Crippen LogP contribution in [0.15, 0.2) is 22.0 Å². The van der Waals surface area contributed by atoms with Gasteiger partial charge in [-0.1, -0.05) is 5.16 Å². The van der Waals surface area contributed by atoms with Crippen molar-refractivity contribution in [2.24, 2.45) is 0 Å². The molecule has 0 amide bonds. The van der Waals surface area contributed by atoms with Crippen molar-refractivity contribution in [1.29, 1.82) is 0 Å². The average Bonchev–Trinajstić information content (AvgIpc) is 2.84. The van der Waals surface area contributed by atoms with E-state index < -0.39 is 0 Å². The normalized spacial score (nSPS) is 10.2. The number of aromatic nitrogens is 1. The van der Waals surface area contributed by atoms with E-state index in [1.54, 1.807) is 17.5 Å². The van der Waals surface area contributed by atoms with Crippen LogP contribution >= 0.6 is 11.3 Å². The fraction of sp³-hybridized carbons (Fsp3) is 0.111. The first-order chi connectivity index (χ1) is 7.20. The third-order valence-electron chi connectivity index (χ3n) is 1.79. The lowest BCUT2D eigenvalue weighted by atomic mass is 10.3. The van der Waals surface area contributed by atoms with Crippen LogP contribution in [-0.2, 0) is 4.74 Å². The topological polar surface area (TPSA) is 78.4 Å². The third kappa shape index (κ3) is 1.84. The minimum absolute atomic E-state index is 0.318. The van der Waals surface area contributed by atoms with E-state index >= 15 is 0 Å². The van der Waals surface area contributed by atoms with Gasteiger partial charge >= 0.3 is 5.97 Å². The number of thiophene rings is 1. The molecule has 15 heavy (non-hydrogen) atoms. The Kier molecular flexibility index (Phi) is 2.42. The summed E-state index contributed by atoms with van der Waals surface area (Å²) in [5, 5.41) is 5.25. The first-order valence-corrected chi connectivity index (χ1v) is 4.98. The molecular weight excluding hydrogens is 216 g/mol. The number of hydrogen-bond acceptors (Lipinski definition) is 6. The number of carbonyl (C=O) groups excluding carboxylic acids is 1. The van der Waals surface area contributed by atoms with E-state index in [-0.39, 0.29) is 5.97 Å². The van der Waals surface area contributed by atoms with Gasteiger partial charge in [0.05, 0.1) is 17.6 Å². The van der Waals surface area contributed by atoms with Gasteiger partial charge in [-0.15, -0.1) is 11.3 Å². The van der Waals surface area contributed by atoms with Crippen LogP contribution < -0.4 is 5.73 Å². The van der Waals surface area contributed by atoms with Gasteiger partial charge in [-0.2, -0.15) is 0 Å². The molecule has 0 bridgehead atoms. The van der Waals surface area contributed by atoms with Crippen LogP contribution in [0.4, 0.5) is 5.82 Å². The molecule has 0 atom stereocenters. The molecule has 0 radical (unpaired) electrons. The highest BCUT2D eigenvalue weighted by atomic mass is 32.1. The Balaban J connectivity index is 2.31. The van der Waals surface area contributed by atoms with Crippen molar-refractivity contribution in [3.05, 3.63) is 23.1 Å². The lowest BCUT2D eigenvalue weighted by Crippen LogP contribution is -1.97. The molecule has 5 nitrogen and oxygen atoms in total. The lowest BCUT2D eigenvalue weighted by Gasteiger charge is -1.91. The Labute approximate surface area is 89.4 Å². The number of hydrogen-bond donors (Lipinski definition) is 1. The van der Waals surface area contributed by atoms with Crippen LogP contribution in [0.3, 0.4) is 0 Å². The van der Waals surface area contributed by atoms with Gasteiger partial charge in [-0.05, 0) is 6.07 Å². The van der Waals surface area contributed by atoms with Crippen LogP contribution in [0.5, 0.6) is 0 Å². The predicted octanol–water partition coefficient (Wildman–Crippen LogP) is 1.77. The van der Waals surface area contributed by atoms with Gasteiger partial charge in [0.15, 0.2) is 11.6 Å². The molecular formula is C9H8N2O3S. The molecule has 0 fully saturated rings. The van der Waals surface area contributed by atoms with E-state index in [1.165, 1.54) is 18.4 Å². The molecule has 0 aromatic carbocycles. The Bertz CT molecular complexity index is 489. The quantitative estimate of drug-likeness (QED) is 0.786. The summed E-state index contributed by atoms with van der Waals surface area (Å²) in [7, 11) is 1.34. The number of esters is 1. The molecule has 0 aliphatic carbocycles. The van der Waals surface area contributed by atoms with Crippen LogP contribution in [0.25, 0.3) is 10.6 Å². The molecule has 6 heteroatoms. The van der Waals surface area contributed by atoms with E-state index in [4.69, 9.17) is 10.3 Å². The first-order valence-electron chi connectivity index (χ1n) is 4.10. The van der Waals surface area contributed by atoms with E-state index in [2.05, 4.69) is 9.89 Å². The number of nitrogen functional groups attached to an aromatic ring is 1. The molecule has 0 unspecified atom stereocenters. The van der Waals surface area contributed by atoms with Crippen molar-refractivity contribution in [1.82, 2.24) is 5.16 Å². The van der Waals surface area contributed by atoms with Crippen LogP contribution in [0, 0.1) is 0 Å². The summed E-state index contributed by atoms with van der Waals surface area (Å²) in [5.41, 5.74) is 5.91. The zero-order valence-electron chi connectivity index (χ0n) is 7.89. The maximum atomic E-state index is 11.2. The first kappa shape index (κ1) is 9.72. The second-order valence-corrected chi connectivity index (χ2v) is 3.72. The van der Waals surface area contributed by atoms with Gasteiger partial charge in [0, 0.05) is 11.4 Å². The molecule has 2 aromatic rings. The summed E-state index contributed by atoms with van der Waals surface area (Å²) in [6.07, 6.45) is 0. The van der Waals surface area contributed by atoms with Crippen LogP contribution in [0.1, 0.15) is 10.4 Å². The summed E-state index contributed by atoms with van der Waals surface area (Å²) in [5.74, 6) is 0.496. The monoisotopic (exact) mass is 224 g/mol. The summed E-state index contributed by atoms with van der Waals surface area (Å²) >= 11 is 1.37. The van der Waals surface area contributed by atoms with E-state index in [9.17, 15) is 4.79 Å². The standard InChI is InChI=1S/C9H8N2O3S/c1-13-9(12)5-2-7(15-4-5)6-3-8(10)11-14-6/h2-4H,1H3,(H2,10,11). The van der Waals surface area contributed by atoms with E-state index in [0.717, 1.165) is 4.88 Å². The fourth-order valence-corrected chi connectivity index (χ4v) is 1.92. The number of ether oxygens (including phenoxy) is 1. The molecule has 2 heterocycles. The minimum atomic E-state index is -0.370. The summed E-state index contributed by atoms with van der Waals surface area (Å²) < 4.78 is 9.55. The molecule has 0 spiro atoms. The van der Waals surface area contributed by atoms with Crippen LogP contribution in [-0.4, -0.2) is 18.2 Å². The van der Waals surface area contributed by atoms with Gasteiger partial charge in [0.1, 0.15) is 0 Å². The highest BCUT2D eigenvalue weighted by Gasteiger charge is 2.12. The number of nitrogens with zero attached hydrogens (tertiary/aromatic N) is 1. The zero-order chi connectivity index (χ0) is 10.8. The van der Waals surface area contributed by atoms with E-state index in [1.807, 2.05) is 0 Å². The Hall–Kier alpha value is -1.82. The largest absolute Gasteiger partial charge is 0.465 e. The Morgan fingerprint density at radius 2 is 2.40 bits per heavy atom. The molecule has 0 aliphatic rings. The van der Waals surface area contributed by atoms with E-state index in [0.29, 0.717) is 17.1 Å². The van der Waals surface area contributed by atoms with Crippen molar-refractivity contribution in [2.45, 2.75) is 0 Å². The Morgan fingerprint density at radius 1 is 1.60 bits per heavy atom. The van der Waals surface area contributed by atoms with Crippen molar-refractivity contribution in [2.75, 3.05) is 12.8 Å². The third-order valence-corrected chi connectivity index (χ3v) is 2.74. The van der Waals surface area contributed by atoms with Crippen LogP contribution in [0.2, 0.25) is 0 Å². The van der Waals surface area contributed by atoms with Crippen molar-refractivity contribution in [3.8, 4) is 10.6 Å². The second-order valence-electron chi connectivity index (χ2n) is 2.81. The number of rotatable bonds is 2. The highest BCUT2D eigenvalue weighted by Crippen LogP contribution is 2.28. The zero-order valence-corrected chi connectivity index (χ0v) is 8.71. The van der Waals surface area contributed by atoms with Crippen molar-refractivity contribution < 1.29 is 14.1 Å². The average molecular weight is 224 g/mol. The second kappa shape index (κ2) is 3.74. The molecule has 0 saturated heterocycles. The highest BCUT2D eigenvalue weighted by molar-refractivity contribution is 7.13. The summed E-state index contributed by atoms with van der Waals surface area (Å²) in [6, 6.07) is 3.28. The minimum Gasteiger partial charge on any atom is -0.465 e. The number of methoxy groups -OCH3 is 1. The summed E-state index contributed by atoms with van der Waals surface area (Å²) in [6.45, 7) is 0. The number of nitrogens with two attached hydrogens (primary N) is 1. The van der Waals surface area contributed by atoms with Gasteiger partial charge in [-0.25, -0.2) is 4.79 Å². The Morgan fingerprint density at radius 3 is 3.00 bits per heavy atom. The lowest BCUT2D eigenvalue weighted by molar-refractivity contribution is 0.0601. The maximum Gasteiger partial charge on any atom is 0.338 e. The predicted molar refractivity (Wildman–Crippen MR) is 55.6 cm³/mol. The molecule has 0 saturated carbocycles.